The summed E-state index contributed by atoms with van der Waals surface area (Å²) in [4.78, 5) is 31.1. The molecule has 0 fully saturated rings. The van der Waals surface area contributed by atoms with Crippen molar-refractivity contribution in [2.24, 2.45) is 0 Å². The molecule has 1 aromatic heterocycles. The van der Waals surface area contributed by atoms with Crippen LogP contribution in [0.4, 0.5) is 5.82 Å². The Kier molecular flexibility index (Phi) is 3.42. The molecule has 1 aliphatic rings. The number of hydrogen-bond donors (Lipinski definition) is 3. The predicted molar refractivity (Wildman–Crippen MR) is 79.8 cm³/mol. The molecule has 3 rings (SSSR count). The number of thioether (sulfide) groups is 1. The zero-order valence-corrected chi connectivity index (χ0v) is 12.0. The maximum absolute atomic E-state index is 12.3. The van der Waals surface area contributed by atoms with Crippen LogP contribution in [0.3, 0.4) is 0 Å². The Balaban J connectivity index is 2.15. The van der Waals surface area contributed by atoms with Gasteiger partial charge < -0.3 is 15.4 Å². The molecule has 3 N–H and O–H groups in total. The van der Waals surface area contributed by atoms with E-state index in [1.807, 2.05) is 0 Å². The molecule has 0 spiro atoms. The number of aromatic nitrogens is 2. The van der Waals surface area contributed by atoms with E-state index >= 15 is 0 Å². The van der Waals surface area contributed by atoms with Crippen LogP contribution >= 0.6 is 11.8 Å². The minimum absolute atomic E-state index is 0.143. The molecule has 7 heteroatoms. The number of hydrogen-bond acceptors (Lipinski definition) is 5. The first kappa shape index (κ1) is 13.7. The molecule has 1 amide bonds. The van der Waals surface area contributed by atoms with E-state index < -0.39 is 0 Å². The molecule has 0 saturated heterocycles. The summed E-state index contributed by atoms with van der Waals surface area (Å²) in [6.45, 7) is 0. The molecule has 1 aromatic carbocycles. The van der Waals surface area contributed by atoms with Crippen LogP contribution in [0.1, 0.15) is 23.5 Å². The van der Waals surface area contributed by atoms with Gasteiger partial charge in [-0.25, -0.2) is 4.98 Å². The summed E-state index contributed by atoms with van der Waals surface area (Å²) in [5, 5.41) is 12.5. The average molecular weight is 303 g/mol. The number of aromatic hydroxyl groups is 1. The van der Waals surface area contributed by atoms with Crippen LogP contribution in [0.25, 0.3) is 0 Å². The van der Waals surface area contributed by atoms with Crippen LogP contribution in [0.15, 0.2) is 34.2 Å². The fourth-order valence-electron chi connectivity index (χ4n) is 2.44. The molecule has 6 nitrogen and oxygen atoms in total. The Hall–Kier alpha value is -2.28. The van der Waals surface area contributed by atoms with Crippen molar-refractivity contribution in [2.45, 2.75) is 17.5 Å². The minimum atomic E-state index is -0.360. The lowest BCUT2D eigenvalue weighted by atomic mass is 9.87. The summed E-state index contributed by atoms with van der Waals surface area (Å²) in [6, 6.07) is 6.51. The van der Waals surface area contributed by atoms with Crippen molar-refractivity contribution < 1.29 is 9.90 Å². The van der Waals surface area contributed by atoms with E-state index in [1.165, 1.54) is 11.8 Å². The van der Waals surface area contributed by atoms with Gasteiger partial charge in [-0.1, -0.05) is 23.9 Å². The molecule has 2 heterocycles. The molecule has 0 aliphatic carbocycles. The average Bonchev–Trinajstić information content (AvgIpc) is 2.46. The Bertz CT molecular complexity index is 755. The van der Waals surface area contributed by atoms with Gasteiger partial charge in [0, 0.05) is 12.3 Å². The van der Waals surface area contributed by atoms with Crippen molar-refractivity contribution in [3.8, 4) is 5.75 Å². The fourth-order valence-corrected chi connectivity index (χ4v) is 2.82. The molecule has 1 atom stereocenters. The van der Waals surface area contributed by atoms with Gasteiger partial charge in [-0.3, -0.25) is 9.59 Å². The lowest BCUT2D eigenvalue weighted by molar-refractivity contribution is -0.116. The Morgan fingerprint density at radius 1 is 1.29 bits per heavy atom. The van der Waals surface area contributed by atoms with Crippen LogP contribution in [-0.4, -0.2) is 27.2 Å². The number of anilines is 1. The molecule has 0 unspecified atom stereocenters. The normalized spacial score (nSPS) is 17.2. The second-order valence-corrected chi connectivity index (χ2v) is 5.53. The van der Waals surface area contributed by atoms with Crippen LogP contribution in [-0.2, 0) is 4.79 Å². The summed E-state index contributed by atoms with van der Waals surface area (Å²) in [5.41, 5.74) is 1.01. The maximum Gasteiger partial charge on any atom is 0.257 e. The third-order valence-corrected chi connectivity index (χ3v) is 4.00. The third-order valence-electron chi connectivity index (χ3n) is 3.42. The second kappa shape index (κ2) is 5.25. The highest BCUT2D eigenvalue weighted by Crippen LogP contribution is 2.34. The number of nitrogens with one attached hydrogen (secondary N) is 2. The first-order chi connectivity index (χ1) is 10.1. The number of carbonyl (C=O) groups is 1. The summed E-state index contributed by atoms with van der Waals surface area (Å²) in [7, 11) is 0. The largest absolute Gasteiger partial charge is 0.508 e. The van der Waals surface area contributed by atoms with E-state index in [9.17, 15) is 14.7 Å². The standard InChI is InChI=1S/C14H13N3O3S/c1-21-14-16-12-11(13(20)17-14)9(6-10(19)15-12)7-2-4-8(18)5-3-7/h2-5,9,18H,6H2,1H3,(H2,15,16,17,19,20)/t9-/m0/s1. The van der Waals surface area contributed by atoms with Gasteiger partial charge in [-0.05, 0) is 24.0 Å². The van der Waals surface area contributed by atoms with Gasteiger partial charge in [0.25, 0.3) is 5.56 Å². The van der Waals surface area contributed by atoms with Gasteiger partial charge in [-0.2, -0.15) is 0 Å². The van der Waals surface area contributed by atoms with Gasteiger partial charge in [-0.15, -0.1) is 0 Å². The highest BCUT2D eigenvalue weighted by molar-refractivity contribution is 7.98. The first-order valence-corrected chi connectivity index (χ1v) is 7.58. The molecule has 0 bridgehead atoms. The van der Waals surface area contributed by atoms with Crippen molar-refractivity contribution in [1.29, 1.82) is 0 Å². The third kappa shape index (κ3) is 2.52. The number of benzene rings is 1. The zero-order chi connectivity index (χ0) is 15.0. The minimum Gasteiger partial charge on any atom is -0.508 e. The molecule has 1 aliphatic heterocycles. The van der Waals surface area contributed by atoms with Crippen molar-refractivity contribution in [2.75, 3.05) is 11.6 Å². The van der Waals surface area contributed by atoms with E-state index in [4.69, 9.17) is 0 Å². The number of phenols is 1. The summed E-state index contributed by atoms with van der Waals surface area (Å²) in [6.07, 6.45) is 1.98. The molecular formula is C14H13N3O3S. The van der Waals surface area contributed by atoms with Crippen molar-refractivity contribution in [1.82, 2.24) is 9.97 Å². The number of amides is 1. The highest BCUT2D eigenvalue weighted by atomic mass is 32.2. The van der Waals surface area contributed by atoms with E-state index in [0.29, 0.717) is 16.5 Å². The quantitative estimate of drug-likeness (QED) is 0.579. The molecule has 2 aromatic rings. The van der Waals surface area contributed by atoms with Crippen molar-refractivity contribution in [3.05, 3.63) is 45.7 Å². The number of phenolic OH excluding ortho intramolecular Hbond substituents is 1. The van der Waals surface area contributed by atoms with Crippen LogP contribution in [0, 0.1) is 0 Å². The monoisotopic (exact) mass is 303 g/mol. The van der Waals surface area contributed by atoms with E-state index in [-0.39, 0.29) is 29.6 Å². The Morgan fingerprint density at radius 2 is 2.00 bits per heavy atom. The van der Waals surface area contributed by atoms with Gasteiger partial charge in [0.1, 0.15) is 11.6 Å². The van der Waals surface area contributed by atoms with Crippen LogP contribution in [0.5, 0.6) is 5.75 Å². The number of H-pyrrole nitrogens is 1. The van der Waals surface area contributed by atoms with Gasteiger partial charge in [0.15, 0.2) is 5.16 Å². The smallest absolute Gasteiger partial charge is 0.257 e. The lowest BCUT2D eigenvalue weighted by Gasteiger charge is -2.24. The molecule has 0 saturated carbocycles. The van der Waals surface area contributed by atoms with Gasteiger partial charge >= 0.3 is 0 Å². The maximum atomic E-state index is 12.3. The Labute approximate surface area is 124 Å². The molecule has 0 radical (unpaired) electrons. The van der Waals surface area contributed by atoms with E-state index in [2.05, 4.69) is 15.3 Å². The number of carbonyl (C=O) groups excluding carboxylic acids is 1. The predicted octanol–water partition coefficient (Wildman–Crippen LogP) is 1.67. The number of rotatable bonds is 2. The molecule has 21 heavy (non-hydrogen) atoms. The second-order valence-electron chi connectivity index (χ2n) is 4.73. The van der Waals surface area contributed by atoms with E-state index in [1.54, 1.807) is 30.5 Å². The van der Waals surface area contributed by atoms with Gasteiger partial charge in [0.2, 0.25) is 5.91 Å². The highest BCUT2D eigenvalue weighted by Gasteiger charge is 2.30. The van der Waals surface area contributed by atoms with Gasteiger partial charge in [0.05, 0.1) is 5.56 Å². The molecule has 108 valence electrons. The zero-order valence-electron chi connectivity index (χ0n) is 11.2. The summed E-state index contributed by atoms with van der Waals surface area (Å²) >= 11 is 1.30. The number of aromatic amines is 1. The lowest BCUT2D eigenvalue weighted by Crippen LogP contribution is -2.31. The Morgan fingerprint density at radius 3 is 2.67 bits per heavy atom. The van der Waals surface area contributed by atoms with Crippen LogP contribution < -0.4 is 10.9 Å². The van der Waals surface area contributed by atoms with Crippen molar-refractivity contribution >= 4 is 23.5 Å². The molecular weight excluding hydrogens is 290 g/mol. The topological polar surface area (TPSA) is 95.1 Å². The number of fused-ring (bicyclic) bond motifs is 1. The first-order valence-electron chi connectivity index (χ1n) is 6.35. The SMILES string of the molecule is CSc1nc2c(c(=O)[nH]1)[C@H](c1ccc(O)cc1)CC(=O)N2. The summed E-state index contributed by atoms with van der Waals surface area (Å²) in [5.74, 6) is -0.0753. The summed E-state index contributed by atoms with van der Waals surface area (Å²) < 4.78 is 0. The van der Waals surface area contributed by atoms with Crippen LogP contribution in [0.2, 0.25) is 0 Å². The fraction of sp³-hybridized carbons (Fsp3) is 0.214. The van der Waals surface area contributed by atoms with E-state index in [0.717, 1.165) is 5.56 Å². The van der Waals surface area contributed by atoms with Crippen molar-refractivity contribution in [3.63, 3.8) is 0 Å². The number of nitrogens with zero attached hydrogens (tertiary/aromatic N) is 1.